The second-order valence-electron chi connectivity index (χ2n) is 6.31. The Labute approximate surface area is 126 Å². The maximum atomic E-state index is 6.39. The lowest BCUT2D eigenvalue weighted by Crippen LogP contribution is -2.56. The maximum absolute atomic E-state index is 6.39. The molecule has 0 fully saturated rings. The Kier molecular flexibility index (Phi) is 10.5. The lowest BCUT2D eigenvalue weighted by Gasteiger charge is -2.43. The standard InChI is InChI=1S/C16H36N2O2/c1-7-14(17)15(16(4,5)6)18(10-12-19-8-2)11-13-20-9-3/h14-15H,7-13,17H2,1-6H3. The number of hydrogen-bond acceptors (Lipinski definition) is 4. The molecule has 2 atom stereocenters. The van der Waals surface area contributed by atoms with Crippen molar-refractivity contribution in [1.82, 2.24) is 4.90 Å². The summed E-state index contributed by atoms with van der Waals surface area (Å²) >= 11 is 0. The van der Waals surface area contributed by atoms with Crippen molar-refractivity contribution < 1.29 is 9.47 Å². The number of ether oxygens (including phenoxy) is 2. The van der Waals surface area contributed by atoms with E-state index in [1.54, 1.807) is 0 Å². The highest BCUT2D eigenvalue weighted by molar-refractivity contribution is 4.90. The van der Waals surface area contributed by atoms with E-state index in [-0.39, 0.29) is 11.5 Å². The maximum Gasteiger partial charge on any atom is 0.0593 e. The van der Waals surface area contributed by atoms with Crippen LogP contribution in [0.25, 0.3) is 0 Å². The molecule has 0 saturated heterocycles. The van der Waals surface area contributed by atoms with Gasteiger partial charge in [0.05, 0.1) is 13.2 Å². The molecule has 0 rings (SSSR count). The molecule has 0 radical (unpaired) electrons. The summed E-state index contributed by atoms with van der Waals surface area (Å²) in [5, 5.41) is 0. The Bertz CT molecular complexity index is 219. The van der Waals surface area contributed by atoms with Crippen LogP contribution in [0.5, 0.6) is 0 Å². The van der Waals surface area contributed by atoms with Crippen molar-refractivity contribution in [2.75, 3.05) is 39.5 Å². The van der Waals surface area contributed by atoms with E-state index in [1.807, 2.05) is 13.8 Å². The van der Waals surface area contributed by atoms with Gasteiger partial charge in [0.15, 0.2) is 0 Å². The van der Waals surface area contributed by atoms with E-state index in [0.29, 0.717) is 6.04 Å². The first-order valence-corrected chi connectivity index (χ1v) is 8.03. The molecule has 2 N–H and O–H groups in total. The van der Waals surface area contributed by atoms with E-state index in [1.165, 1.54) is 0 Å². The van der Waals surface area contributed by atoms with Crippen molar-refractivity contribution in [3.05, 3.63) is 0 Å². The van der Waals surface area contributed by atoms with Gasteiger partial charge in [-0.15, -0.1) is 0 Å². The van der Waals surface area contributed by atoms with E-state index < -0.39 is 0 Å². The fraction of sp³-hybridized carbons (Fsp3) is 1.00. The molecule has 4 nitrogen and oxygen atoms in total. The van der Waals surface area contributed by atoms with Crippen molar-refractivity contribution >= 4 is 0 Å². The molecule has 0 aromatic heterocycles. The normalized spacial score (nSPS) is 15.6. The Morgan fingerprint density at radius 3 is 1.70 bits per heavy atom. The van der Waals surface area contributed by atoms with Gasteiger partial charge in [-0.05, 0) is 25.7 Å². The lowest BCUT2D eigenvalue weighted by molar-refractivity contribution is 0.0198. The van der Waals surface area contributed by atoms with Crippen LogP contribution in [0.1, 0.15) is 48.0 Å². The molecule has 0 aliphatic carbocycles. The van der Waals surface area contributed by atoms with Gasteiger partial charge in [0.25, 0.3) is 0 Å². The quantitative estimate of drug-likeness (QED) is 0.594. The van der Waals surface area contributed by atoms with Crippen LogP contribution in [0, 0.1) is 5.41 Å². The van der Waals surface area contributed by atoms with E-state index in [4.69, 9.17) is 15.2 Å². The van der Waals surface area contributed by atoms with Gasteiger partial charge in [-0.25, -0.2) is 0 Å². The molecule has 0 saturated carbocycles. The number of nitrogens with zero attached hydrogens (tertiary/aromatic N) is 1. The molecule has 2 unspecified atom stereocenters. The average Bonchev–Trinajstić information content (AvgIpc) is 2.37. The van der Waals surface area contributed by atoms with Crippen LogP contribution in [-0.4, -0.2) is 56.5 Å². The number of rotatable bonds is 11. The second-order valence-corrected chi connectivity index (χ2v) is 6.31. The Balaban J connectivity index is 4.78. The smallest absolute Gasteiger partial charge is 0.0593 e. The molecule has 0 aliphatic rings. The van der Waals surface area contributed by atoms with Gasteiger partial charge in [-0.3, -0.25) is 4.90 Å². The summed E-state index contributed by atoms with van der Waals surface area (Å²) in [6.45, 7) is 17.9. The molecule has 122 valence electrons. The molecule has 0 amide bonds. The Morgan fingerprint density at radius 2 is 1.40 bits per heavy atom. The third kappa shape index (κ3) is 7.58. The van der Waals surface area contributed by atoms with Crippen LogP contribution in [0.15, 0.2) is 0 Å². The highest BCUT2D eigenvalue weighted by atomic mass is 16.5. The van der Waals surface area contributed by atoms with Crippen LogP contribution in [-0.2, 0) is 9.47 Å². The van der Waals surface area contributed by atoms with Gasteiger partial charge < -0.3 is 15.2 Å². The first-order chi connectivity index (χ1) is 9.38. The lowest BCUT2D eigenvalue weighted by atomic mass is 9.80. The summed E-state index contributed by atoms with van der Waals surface area (Å²) < 4.78 is 11.0. The van der Waals surface area contributed by atoms with E-state index in [2.05, 4.69) is 32.6 Å². The molecule has 4 heteroatoms. The summed E-state index contributed by atoms with van der Waals surface area (Å²) in [6, 6.07) is 0.520. The fourth-order valence-electron chi connectivity index (χ4n) is 2.73. The third-order valence-electron chi connectivity index (χ3n) is 3.61. The van der Waals surface area contributed by atoms with E-state index >= 15 is 0 Å². The van der Waals surface area contributed by atoms with Crippen molar-refractivity contribution in [1.29, 1.82) is 0 Å². The van der Waals surface area contributed by atoms with Crippen LogP contribution < -0.4 is 5.73 Å². The summed E-state index contributed by atoms with van der Waals surface area (Å²) in [4.78, 5) is 2.44. The summed E-state index contributed by atoms with van der Waals surface area (Å²) in [6.07, 6.45) is 0.988. The minimum atomic E-state index is 0.147. The van der Waals surface area contributed by atoms with E-state index in [0.717, 1.165) is 45.9 Å². The molecular weight excluding hydrogens is 252 g/mol. The molecule has 20 heavy (non-hydrogen) atoms. The summed E-state index contributed by atoms with van der Waals surface area (Å²) in [7, 11) is 0. The second kappa shape index (κ2) is 10.6. The van der Waals surface area contributed by atoms with Crippen molar-refractivity contribution in [2.45, 2.75) is 60.0 Å². The number of hydrogen-bond donors (Lipinski definition) is 1. The highest BCUT2D eigenvalue weighted by Gasteiger charge is 2.34. The van der Waals surface area contributed by atoms with Crippen molar-refractivity contribution in [3.63, 3.8) is 0 Å². The molecule has 0 aromatic carbocycles. The summed E-state index contributed by atoms with van der Waals surface area (Å²) in [5.41, 5.74) is 6.54. The minimum Gasteiger partial charge on any atom is -0.380 e. The Morgan fingerprint density at radius 1 is 0.950 bits per heavy atom. The predicted molar refractivity (Wildman–Crippen MR) is 86.1 cm³/mol. The molecule has 0 aromatic rings. The molecule has 0 spiro atoms. The van der Waals surface area contributed by atoms with Crippen molar-refractivity contribution in [2.24, 2.45) is 11.1 Å². The van der Waals surface area contributed by atoms with Gasteiger partial charge >= 0.3 is 0 Å². The van der Waals surface area contributed by atoms with E-state index in [9.17, 15) is 0 Å². The minimum absolute atomic E-state index is 0.147. The SMILES string of the molecule is CCOCCN(CCOCC)C(C(N)CC)C(C)(C)C. The number of nitrogens with two attached hydrogens (primary N) is 1. The monoisotopic (exact) mass is 288 g/mol. The molecule has 0 bridgehead atoms. The zero-order valence-electron chi connectivity index (χ0n) is 14.4. The van der Waals surface area contributed by atoms with Crippen LogP contribution in [0.2, 0.25) is 0 Å². The Hall–Kier alpha value is -0.160. The van der Waals surface area contributed by atoms with Crippen LogP contribution in [0.4, 0.5) is 0 Å². The van der Waals surface area contributed by atoms with Crippen molar-refractivity contribution in [3.8, 4) is 0 Å². The van der Waals surface area contributed by atoms with Crippen LogP contribution in [0.3, 0.4) is 0 Å². The largest absolute Gasteiger partial charge is 0.380 e. The van der Waals surface area contributed by atoms with Gasteiger partial charge in [-0.1, -0.05) is 27.7 Å². The first-order valence-electron chi connectivity index (χ1n) is 8.03. The zero-order valence-corrected chi connectivity index (χ0v) is 14.4. The predicted octanol–water partition coefficient (Wildman–Crippen LogP) is 2.51. The molecular formula is C16H36N2O2. The average molecular weight is 288 g/mol. The van der Waals surface area contributed by atoms with Gasteiger partial charge in [0, 0.05) is 38.4 Å². The third-order valence-corrected chi connectivity index (χ3v) is 3.61. The molecule has 0 heterocycles. The zero-order chi connectivity index (χ0) is 15.6. The first kappa shape index (κ1) is 19.8. The van der Waals surface area contributed by atoms with Crippen LogP contribution >= 0.6 is 0 Å². The van der Waals surface area contributed by atoms with Gasteiger partial charge in [-0.2, -0.15) is 0 Å². The topological polar surface area (TPSA) is 47.7 Å². The van der Waals surface area contributed by atoms with Gasteiger partial charge in [0.2, 0.25) is 0 Å². The fourth-order valence-corrected chi connectivity index (χ4v) is 2.73. The summed E-state index contributed by atoms with van der Waals surface area (Å²) in [5.74, 6) is 0. The highest BCUT2D eigenvalue weighted by Crippen LogP contribution is 2.27. The van der Waals surface area contributed by atoms with Gasteiger partial charge in [0.1, 0.15) is 0 Å². The molecule has 0 aliphatic heterocycles.